The first-order valence-electron chi connectivity index (χ1n) is 5.97. The fourth-order valence-corrected chi connectivity index (χ4v) is 3.13. The van der Waals surface area contributed by atoms with Gasteiger partial charge in [0.05, 0.1) is 5.56 Å². The summed E-state index contributed by atoms with van der Waals surface area (Å²) in [6.07, 6.45) is 10.3. The molecule has 87 valence electrons. The van der Waals surface area contributed by atoms with Crippen LogP contribution in [-0.2, 0) is 0 Å². The van der Waals surface area contributed by atoms with Gasteiger partial charge >= 0.3 is 0 Å². The molecule has 16 heavy (non-hydrogen) atoms. The third-order valence-electron chi connectivity index (χ3n) is 3.28. The highest BCUT2D eigenvalue weighted by Crippen LogP contribution is 2.29. The van der Waals surface area contributed by atoms with Crippen LogP contribution >= 0.6 is 11.3 Å². The van der Waals surface area contributed by atoms with E-state index in [1.54, 1.807) is 11.3 Å². The van der Waals surface area contributed by atoms with Crippen molar-refractivity contribution in [3.8, 4) is 0 Å². The van der Waals surface area contributed by atoms with Gasteiger partial charge in [0.15, 0.2) is 0 Å². The van der Waals surface area contributed by atoms with Crippen molar-refractivity contribution in [2.24, 2.45) is 11.7 Å². The van der Waals surface area contributed by atoms with E-state index in [1.165, 1.54) is 37.0 Å². The van der Waals surface area contributed by atoms with Crippen molar-refractivity contribution in [2.45, 2.75) is 38.5 Å². The summed E-state index contributed by atoms with van der Waals surface area (Å²) < 4.78 is 0. The van der Waals surface area contributed by atoms with Crippen molar-refractivity contribution >= 4 is 17.2 Å². The van der Waals surface area contributed by atoms with Crippen molar-refractivity contribution < 1.29 is 4.79 Å². The number of thiophene rings is 1. The van der Waals surface area contributed by atoms with Crippen molar-refractivity contribution in [3.05, 3.63) is 28.3 Å². The van der Waals surface area contributed by atoms with Crippen LogP contribution in [0, 0.1) is 12.3 Å². The van der Waals surface area contributed by atoms with Gasteiger partial charge in [-0.1, -0.05) is 32.1 Å². The van der Waals surface area contributed by atoms with E-state index in [0.29, 0.717) is 5.56 Å². The summed E-state index contributed by atoms with van der Waals surface area (Å²) in [4.78, 5) is 12.1. The zero-order chi connectivity index (χ0) is 11.4. The highest BCUT2D eigenvalue weighted by molar-refractivity contribution is 7.10. The minimum absolute atomic E-state index is 0.325. The first-order chi connectivity index (χ1) is 7.75. The molecule has 0 aliphatic heterocycles. The van der Waals surface area contributed by atoms with Gasteiger partial charge in [-0.2, -0.15) is 0 Å². The van der Waals surface area contributed by atoms with Crippen LogP contribution in [0.2, 0.25) is 0 Å². The van der Waals surface area contributed by atoms with Crippen LogP contribution in [0.15, 0.2) is 11.4 Å². The fraction of sp³-hybridized carbons (Fsp3) is 0.538. The first kappa shape index (κ1) is 11.6. The Hall–Kier alpha value is -0.830. The number of hydrogen-bond donors (Lipinski definition) is 1. The molecule has 1 saturated carbocycles. The van der Waals surface area contributed by atoms with Crippen LogP contribution in [0.4, 0.5) is 0 Å². The molecule has 0 saturated heterocycles. The lowest BCUT2D eigenvalue weighted by molar-refractivity contribution is 0.100. The molecule has 2 rings (SSSR count). The summed E-state index contributed by atoms with van der Waals surface area (Å²) in [6.45, 7) is 0. The Balaban J connectivity index is 1.81. The lowest BCUT2D eigenvalue weighted by Gasteiger charge is -2.20. The monoisotopic (exact) mass is 236 g/mol. The molecule has 1 heterocycles. The quantitative estimate of drug-likeness (QED) is 0.855. The van der Waals surface area contributed by atoms with E-state index >= 15 is 0 Å². The number of carbonyl (C=O) groups is 1. The molecule has 1 aromatic rings. The summed E-state index contributed by atoms with van der Waals surface area (Å²) in [5, 5.41) is 1.84. The Kier molecular flexibility index (Phi) is 3.99. The van der Waals surface area contributed by atoms with Crippen molar-refractivity contribution in [2.75, 3.05) is 0 Å². The van der Waals surface area contributed by atoms with Crippen LogP contribution < -0.4 is 5.73 Å². The highest BCUT2D eigenvalue weighted by Gasteiger charge is 2.14. The Morgan fingerprint density at radius 1 is 1.44 bits per heavy atom. The fourth-order valence-electron chi connectivity index (χ4n) is 2.29. The number of nitrogens with two attached hydrogens (primary N) is 1. The van der Waals surface area contributed by atoms with Crippen molar-refractivity contribution in [1.82, 2.24) is 0 Å². The molecule has 1 aromatic heterocycles. The Morgan fingerprint density at radius 2 is 2.19 bits per heavy atom. The van der Waals surface area contributed by atoms with Crippen LogP contribution in [0.25, 0.3) is 0 Å². The van der Waals surface area contributed by atoms with Crippen LogP contribution in [-0.4, -0.2) is 5.91 Å². The number of primary amides is 1. The van der Waals surface area contributed by atoms with Gasteiger partial charge in [0, 0.05) is 16.7 Å². The summed E-state index contributed by atoms with van der Waals surface area (Å²) in [5.74, 6) is 0.529. The lowest BCUT2D eigenvalue weighted by atomic mass is 9.86. The Labute approximate surface area is 101 Å². The molecular weight excluding hydrogens is 218 g/mol. The maximum atomic E-state index is 10.9. The molecule has 0 aromatic carbocycles. The minimum atomic E-state index is -0.325. The molecule has 1 amide bonds. The summed E-state index contributed by atoms with van der Waals surface area (Å²) >= 11 is 1.61. The number of carbonyl (C=O) groups excluding carboxylic acids is 1. The third kappa shape index (κ3) is 3.08. The normalized spacial score (nSPS) is 17.5. The van der Waals surface area contributed by atoms with E-state index in [0.717, 1.165) is 12.3 Å². The predicted octanol–water partition coefficient (Wildman–Crippen LogP) is 3.37. The zero-order valence-electron chi connectivity index (χ0n) is 9.45. The highest BCUT2D eigenvalue weighted by atomic mass is 32.1. The van der Waals surface area contributed by atoms with E-state index in [2.05, 4.69) is 6.42 Å². The standard InChI is InChI=1S/C13H18NOS/c14-13(15)11-8-12(16-9-11)7-6-10-4-2-1-3-5-10/h7-10H,1-6H2,(H2,14,15). The molecule has 1 aliphatic rings. The van der Waals surface area contributed by atoms with Gasteiger partial charge in [0.1, 0.15) is 0 Å². The SMILES string of the molecule is NC(=O)c1csc([CH]CC2CCCCC2)c1. The van der Waals surface area contributed by atoms with Gasteiger partial charge in [-0.15, -0.1) is 11.3 Å². The maximum Gasteiger partial charge on any atom is 0.249 e. The Morgan fingerprint density at radius 3 is 2.81 bits per heavy atom. The topological polar surface area (TPSA) is 43.1 Å². The van der Waals surface area contributed by atoms with Gasteiger partial charge in [-0.25, -0.2) is 0 Å². The summed E-state index contributed by atoms with van der Waals surface area (Å²) in [5.41, 5.74) is 5.86. The molecule has 1 radical (unpaired) electrons. The van der Waals surface area contributed by atoms with Gasteiger partial charge in [0.25, 0.3) is 0 Å². The molecule has 2 N–H and O–H groups in total. The Bertz CT molecular complexity index is 353. The second-order valence-corrected chi connectivity index (χ2v) is 5.49. The summed E-state index contributed by atoms with van der Waals surface area (Å²) in [7, 11) is 0. The second kappa shape index (κ2) is 5.48. The largest absolute Gasteiger partial charge is 0.366 e. The van der Waals surface area contributed by atoms with E-state index in [-0.39, 0.29) is 5.91 Å². The zero-order valence-corrected chi connectivity index (χ0v) is 10.3. The van der Waals surface area contributed by atoms with Gasteiger partial charge in [-0.05, 0) is 18.4 Å². The molecule has 0 atom stereocenters. The number of amides is 1. The van der Waals surface area contributed by atoms with Crippen molar-refractivity contribution in [3.63, 3.8) is 0 Å². The minimum Gasteiger partial charge on any atom is -0.366 e. The number of rotatable bonds is 4. The summed E-state index contributed by atoms with van der Waals surface area (Å²) in [6, 6.07) is 1.90. The lowest BCUT2D eigenvalue weighted by Crippen LogP contribution is -2.09. The maximum absolute atomic E-state index is 10.9. The average Bonchev–Trinajstić information content (AvgIpc) is 2.76. The van der Waals surface area contributed by atoms with E-state index in [4.69, 9.17) is 5.73 Å². The van der Waals surface area contributed by atoms with Gasteiger partial charge in [-0.3, -0.25) is 4.79 Å². The van der Waals surface area contributed by atoms with Crippen LogP contribution in [0.1, 0.15) is 53.8 Å². The van der Waals surface area contributed by atoms with Crippen LogP contribution in [0.3, 0.4) is 0 Å². The van der Waals surface area contributed by atoms with Crippen molar-refractivity contribution in [1.29, 1.82) is 0 Å². The average molecular weight is 236 g/mol. The molecule has 1 fully saturated rings. The van der Waals surface area contributed by atoms with E-state index in [1.807, 2.05) is 11.4 Å². The first-order valence-corrected chi connectivity index (χ1v) is 6.85. The third-order valence-corrected chi connectivity index (χ3v) is 4.21. The van der Waals surface area contributed by atoms with E-state index < -0.39 is 0 Å². The molecule has 0 spiro atoms. The van der Waals surface area contributed by atoms with Gasteiger partial charge in [0.2, 0.25) is 5.91 Å². The van der Waals surface area contributed by atoms with Gasteiger partial charge < -0.3 is 5.73 Å². The number of hydrogen-bond acceptors (Lipinski definition) is 2. The smallest absolute Gasteiger partial charge is 0.249 e. The molecule has 0 bridgehead atoms. The molecular formula is C13H18NOS. The van der Waals surface area contributed by atoms with Crippen LogP contribution in [0.5, 0.6) is 0 Å². The molecule has 0 unspecified atom stereocenters. The molecule has 1 aliphatic carbocycles. The molecule has 3 heteroatoms. The van der Waals surface area contributed by atoms with E-state index in [9.17, 15) is 4.79 Å². The second-order valence-electron chi connectivity index (χ2n) is 4.55. The predicted molar refractivity (Wildman–Crippen MR) is 67.4 cm³/mol. The molecule has 2 nitrogen and oxygen atoms in total.